The largest absolute Gasteiger partial charge is 0.444 e. The topological polar surface area (TPSA) is 103 Å². The van der Waals surface area contributed by atoms with Gasteiger partial charge in [-0.1, -0.05) is 18.2 Å². The summed E-state index contributed by atoms with van der Waals surface area (Å²) in [5.41, 5.74) is -0.189. The number of likely N-dealkylation sites (tertiary alicyclic amines) is 1. The standard InChI is InChI=1S/C26H35N5O5S2/c1-26(2,3)36-25(33)31-17-20(16-21(31)24(32)29-14-15-37-18-29)28-10-12-30(13-11-28)38(34,35)22-8-4-6-19-7-5-9-27-23(19)22/h4-9,20-21H,10-18H2,1-3H3/t20-,21-/m0/s1. The Hall–Kier alpha value is -2.41. The van der Waals surface area contributed by atoms with Crippen molar-refractivity contribution < 1.29 is 22.7 Å². The summed E-state index contributed by atoms with van der Waals surface area (Å²) in [5, 5.41) is 0.785. The van der Waals surface area contributed by atoms with Crippen molar-refractivity contribution in [3.05, 3.63) is 36.5 Å². The zero-order valence-electron chi connectivity index (χ0n) is 22.1. The number of amides is 2. The Bertz CT molecular complexity index is 1300. The van der Waals surface area contributed by atoms with E-state index < -0.39 is 27.8 Å². The lowest BCUT2D eigenvalue weighted by Crippen LogP contribution is -2.52. The highest BCUT2D eigenvalue weighted by Gasteiger charge is 2.46. The molecular weight excluding hydrogens is 526 g/mol. The van der Waals surface area contributed by atoms with Crippen molar-refractivity contribution in [1.29, 1.82) is 0 Å². The summed E-state index contributed by atoms with van der Waals surface area (Å²) in [6.45, 7) is 8.21. The molecule has 3 aliphatic rings. The van der Waals surface area contributed by atoms with Gasteiger partial charge >= 0.3 is 6.09 Å². The Morgan fingerprint density at radius 2 is 1.79 bits per heavy atom. The van der Waals surface area contributed by atoms with Crippen molar-refractivity contribution in [3.63, 3.8) is 0 Å². The summed E-state index contributed by atoms with van der Waals surface area (Å²) in [7, 11) is -3.72. The van der Waals surface area contributed by atoms with E-state index in [1.54, 1.807) is 41.1 Å². The van der Waals surface area contributed by atoms with Crippen molar-refractivity contribution in [3.8, 4) is 0 Å². The van der Waals surface area contributed by atoms with Crippen LogP contribution in [0.4, 0.5) is 4.79 Å². The number of rotatable bonds is 4. The molecule has 0 spiro atoms. The number of ether oxygens (including phenoxy) is 1. The van der Waals surface area contributed by atoms with Crippen molar-refractivity contribution in [2.75, 3.05) is 50.9 Å². The number of piperazine rings is 1. The van der Waals surface area contributed by atoms with Gasteiger partial charge in [-0.2, -0.15) is 4.31 Å². The van der Waals surface area contributed by atoms with E-state index in [2.05, 4.69) is 9.88 Å². The van der Waals surface area contributed by atoms with Gasteiger partial charge in [-0.25, -0.2) is 13.2 Å². The van der Waals surface area contributed by atoms with E-state index in [0.29, 0.717) is 57.1 Å². The van der Waals surface area contributed by atoms with Crippen LogP contribution in [0.25, 0.3) is 10.9 Å². The normalized spacial score (nSPS) is 23.8. The quantitative estimate of drug-likeness (QED) is 0.561. The average Bonchev–Trinajstić information content (AvgIpc) is 3.58. The minimum Gasteiger partial charge on any atom is -0.444 e. The van der Waals surface area contributed by atoms with E-state index in [1.165, 1.54) is 4.31 Å². The van der Waals surface area contributed by atoms with Gasteiger partial charge < -0.3 is 9.64 Å². The molecule has 10 nitrogen and oxygen atoms in total. The van der Waals surface area contributed by atoms with Crippen molar-refractivity contribution in [1.82, 2.24) is 24.0 Å². The number of para-hydroxylation sites is 1. The first-order chi connectivity index (χ1) is 18.0. The molecule has 2 amide bonds. The molecule has 0 radical (unpaired) electrons. The van der Waals surface area contributed by atoms with E-state index >= 15 is 0 Å². The summed E-state index contributed by atoms with van der Waals surface area (Å²) in [6, 6.07) is 8.24. The van der Waals surface area contributed by atoms with Crippen LogP contribution in [-0.2, 0) is 19.6 Å². The molecule has 4 heterocycles. The molecule has 3 fully saturated rings. The van der Waals surface area contributed by atoms with Crippen molar-refractivity contribution >= 4 is 44.7 Å². The number of pyridine rings is 1. The molecule has 5 rings (SSSR count). The van der Waals surface area contributed by atoms with E-state index in [9.17, 15) is 18.0 Å². The fraction of sp³-hybridized carbons (Fsp3) is 0.577. The van der Waals surface area contributed by atoms with Crippen LogP contribution in [0.3, 0.4) is 0 Å². The molecule has 1 aromatic heterocycles. The van der Waals surface area contributed by atoms with Crippen LogP contribution in [0.2, 0.25) is 0 Å². The van der Waals surface area contributed by atoms with Gasteiger partial charge in [-0.15, -0.1) is 11.8 Å². The van der Waals surface area contributed by atoms with Crippen LogP contribution >= 0.6 is 11.8 Å². The van der Waals surface area contributed by atoms with Gasteiger partial charge in [0.2, 0.25) is 15.9 Å². The molecular formula is C26H35N5O5S2. The molecule has 0 saturated carbocycles. The van der Waals surface area contributed by atoms with Crippen LogP contribution in [0.15, 0.2) is 41.4 Å². The summed E-state index contributed by atoms with van der Waals surface area (Å²) < 4.78 is 34.2. The Morgan fingerprint density at radius 3 is 2.47 bits per heavy atom. The average molecular weight is 562 g/mol. The second kappa shape index (κ2) is 10.6. The highest BCUT2D eigenvalue weighted by molar-refractivity contribution is 7.99. The highest BCUT2D eigenvalue weighted by Crippen LogP contribution is 2.30. The predicted molar refractivity (Wildman–Crippen MR) is 146 cm³/mol. The SMILES string of the molecule is CC(C)(C)OC(=O)N1C[C@@H](N2CCN(S(=O)(=O)c3cccc4cccnc34)CC2)C[C@H]1C(=O)N1CCSC1. The third kappa shape index (κ3) is 5.49. The second-order valence-electron chi connectivity index (χ2n) is 10.9. The Labute approximate surface area is 228 Å². The van der Waals surface area contributed by atoms with Gasteiger partial charge in [0.15, 0.2) is 0 Å². The Balaban J connectivity index is 1.29. The Kier molecular flexibility index (Phi) is 7.60. The van der Waals surface area contributed by atoms with Gasteiger partial charge in [0.05, 0.1) is 11.4 Å². The van der Waals surface area contributed by atoms with Gasteiger partial charge in [-0.3, -0.25) is 19.6 Å². The molecule has 2 aromatic rings. The lowest BCUT2D eigenvalue weighted by atomic mass is 10.1. The smallest absolute Gasteiger partial charge is 0.411 e. The second-order valence-corrected chi connectivity index (χ2v) is 13.9. The number of sulfonamides is 1. The van der Waals surface area contributed by atoms with Crippen LogP contribution < -0.4 is 0 Å². The summed E-state index contributed by atoms with van der Waals surface area (Å²) >= 11 is 1.71. The number of hydrogen-bond acceptors (Lipinski definition) is 8. The number of thioether (sulfide) groups is 1. The monoisotopic (exact) mass is 561 g/mol. The molecule has 0 bridgehead atoms. The lowest BCUT2D eigenvalue weighted by Gasteiger charge is -2.37. The summed E-state index contributed by atoms with van der Waals surface area (Å²) in [5.74, 6) is 1.51. The van der Waals surface area contributed by atoms with Gasteiger partial charge in [0, 0.05) is 62.6 Å². The molecule has 206 valence electrons. The number of nitrogens with zero attached hydrogens (tertiary/aromatic N) is 5. The number of hydrogen-bond donors (Lipinski definition) is 0. The Morgan fingerprint density at radius 1 is 1.05 bits per heavy atom. The first-order valence-corrected chi connectivity index (χ1v) is 15.6. The maximum Gasteiger partial charge on any atom is 0.411 e. The predicted octanol–water partition coefficient (Wildman–Crippen LogP) is 2.45. The van der Waals surface area contributed by atoms with Gasteiger partial charge in [-0.05, 0) is 39.3 Å². The van der Waals surface area contributed by atoms with E-state index in [4.69, 9.17) is 4.74 Å². The first-order valence-electron chi connectivity index (χ1n) is 13.0. The number of benzene rings is 1. The molecule has 1 aromatic carbocycles. The molecule has 12 heteroatoms. The van der Waals surface area contributed by atoms with Crippen LogP contribution in [0, 0.1) is 0 Å². The number of fused-ring (bicyclic) bond motifs is 1. The van der Waals surface area contributed by atoms with Crippen LogP contribution in [0.5, 0.6) is 0 Å². The molecule has 3 aliphatic heterocycles. The maximum atomic E-state index is 13.5. The van der Waals surface area contributed by atoms with Gasteiger partial charge in [0.1, 0.15) is 16.5 Å². The lowest BCUT2D eigenvalue weighted by molar-refractivity contribution is -0.134. The third-order valence-corrected chi connectivity index (χ3v) is 10.2. The number of carbonyl (C=O) groups is 2. The summed E-state index contributed by atoms with van der Waals surface area (Å²) in [6.07, 6.45) is 1.64. The highest BCUT2D eigenvalue weighted by atomic mass is 32.2. The van der Waals surface area contributed by atoms with Crippen molar-refractivity contribution in [2.45, 2.75) is 49.8 Å². The van der Waals surface area contributed by atoms with Gasteiger partial charge in [0.25, 0.3) is 0 Å². The first kappa shape index (κ1) is 27.2. The molecule has 2 atom stereocenters. The van der Waals surface area contributed by atoms with Crippen LogP contribution in [0.1, 0.15) is 27.2 Å². The van der Waals surface area contributed by atoms with E-state index in [1.807, 2.05) is 37.8 Å². The molecule has 38 heavy (non-hydrogen) atoms. The fourth-order valence-electron chi connectivity index (χ4n) is 5.37. The maximum absolute atomic E-state index is 13.5. The van der Waals surface area contributed by atoms with E-state index in [-0.39, 0.29) is 16.8 Å². The number of aromatic nitrogens is 1. The minimum atomic E-state index is -3.72. The molecule has 0 unspecified atom stereocenters. The molecule has 0 aliphatic carbocycles. The third-order valence-electron chi connectivity index (χ3n) is 7.26. The molecule has 0 N–H and O–H groups in total. The number of carbonyl (C=O) groups excluding carboxylic acids is 2. The zero-order valence-corrected chi connectivity index (χ0v) is 23.7. The molecule has 3 saturated heterocycles. The summed E-state index contributed by atoms with van der Waals surface area (Å²) in [4.78, 5) is 36.6. The minimum absolute atomic E-state index is 0.0342. The van der Waals surface area contributed by atoms with E-state index in [0.717, 1.165) is 11.1 Å². The fourth-order valence-corrected chi connectivity index (χ4v) is 7.91. The van der Waals surface area contributed by atoms with Crippen molar-refractivity contribution in [2.24, 2.45) is 0 Å². The van der Waals surface area contributed by atoms with Crippen LogP contribution in [-0.4, -0.2) is 113 Å². The zero-order chi connectivity index (χ0) is 27.1.